The highest BCUT2D eigenvalue weighted by atomic mass is 16.5. The lowest BCUT2D eigenvalue weighted by atomic mass is 9.91. The summed E-state index contributed by atoms with van der Waals surface area (Å²) in [5, 5.41) is 0. The number of methoxy groups -OCH3 is 4. The first-order valence-corrected chi connectivity index (χ1v) is 15.5. The topological polar surface area (TPSA) is 36.9 Å². The van der Waals surface area contributed by atoms with Crippen LogP contribution in [0.2, 0.25) is 0 Å². The van der Waals surface area contributed by atoms with Gasteiger partial charge < -0.3 is 18.9 Å². The Morgan fingerprint density at radius 1 is 0.452 bits per heavy atom. The molecule has 3 aromatic carbocycles. The van der Waals surface area contributed by atoms with Gasteiger partial charge in [-0.1, -0.05) is 88.8 Å². The highest BCUT2D eigenvalue weighted by Gasteiger charge is 2.10. The van der Waals surface area contributed by atoms with E-state index >= 15 is 0 Å². The van der Waals surface area contributed by atoms with E-state index in [1.54, 1.807) is 28.4 Å². The quantitative estimate of drug-likeness (QED) is 0.113. The second kappa shape index (κ2) is 18.0. The number of rotatable bonds is 18. The number of aryl methyl sites for hydroxylation is 2. The molecular formula is C38H50O4. The lowest BCUT2D eigenvalue weighted by Crippen LogP contribution is -1.98. The van der Waals surface area contributed by atoms with Crippen molar-refractivity contribution < 1.29 is 18.9 Å². The van der Waals surface area contributed by atoms with Crippen molar-refractivity contribution in [3.8, 4) is 23.0 Å². The standard InChI is InChI=1S/C38H50O4/c1-7-9-11-13-15-29-25-32(18-20-34-28-36(40-4)22-24-38(34)42-6)30(16-14-12-10-8-2)26-31(29)17-19-33-27-35(39-3)21-23-37(33)41-5/h17-28H,7-16H2,1-6H3/b19-17+,20-18+. The highest BCUT2D eigenvalue weighted by Crippen LogP contribution is 2.30. The molecule has 3 rings (SSSR count). The zero-order valence-electron chi connectivity index (χ0n) is 26.6. The van der Waals surface area contributed by atoms with E-state index in [-0.39, 0.29) is 0 Å². The van der Waals surface area contributed by atoms with E-state index in [0.717, 1.165) is 47.0 Å². The van der Waals surface area contributed by atoms with Gasteiger partial charge in [0.15, 0.2) is 0 Å². The molecule has 0 aliphatic carbocycles. The molecule has 3 aromatic rings. The SMILES string of the molecule is CCCCCCc1cc(/C=C/c2cc(OC)ccc2OC)c(CCCCCC)cc1/C=C/c1cc(OC)ccc1OC. The molecule has 0 aliphatic heterocycles. The van der Waals surface area contributed by atoms with Crippen molar-refractivity contribution in [1.82, 2.24) is 0 Å². The normalized spacial score (nSPS) is 11.4. The van der Waals surface area contributed by atoms with Crippen LogP contribution < -0.4 is 18.9 Å². The molecule has 0 aromatic heterocycles. The summed E-state index contributed by atoms with van der Waals surface area (Å²) >= 11 is 0. The third kappa shape index (κ3) is 9.72. The smallest absolute Gasteiger partial charge is 0.126 e. The fourth-order valence-corrected chi connectivity index (χ4v) is 5.25. The molecule has 0 heterocycles. The first kappa shape index (κ1) is 32.8. The Labute approximate surface area is 254 Å². The van der Waals surface area contributed by atoms with Crippen molar-refractivity contribution >= 4 is 24.3 Å². The van der Waals surface area contributed by atoms with Crippen LogP contribution in [0.5, 0.6) is 23.0 Å². The highest BCUT2D eigenvalue weighted by molar-refractivity contribution is 5.79. The predicted octanol–water partition coefficient (Wildman–Crippen LogP) is 10.3. The second-order valence-corrected chi connectivity index (χ2v) is 10.8. The van der Waals surface area contributed by atoms with Gasteiger partial charge in [-0.15, -0.1) is 0 Å². The molecule has 4 nitrogen and oxygen atoms in total. The van der Waals surface area contributed by atoms with E-state index in [9.17, 15) is 0 Å². The molecular weight excluding hydrogens is 520 g/mol. The van der Waals surface area contributed by atoms with Crippen LogP contribution in [0.25, 0.3) is 24.3 Å². The van der Waals surface area contributed by atoms with E-state index in [0.29, 0.717) is 0 Å². The first-order chi connectivity index (χ1) is 20.6. The average molecular weight is 571 g/mol. The van der Waals surface area contributed by atoms with Crippen molar-refractivity contribution in [1.29, 1.82) is 0 Å². The van der Waals surface area contributed by atoms with Crippen LogP contribution in [0.4, 0.5) is 0 Å². The van der Waals surface area contributed by atoms with Gasteiger partial charge >= 0.3 is 0 Å². The molecule has 0 aliphatic rings. The van der Waals surface area contributed by atoms with Gasteiger partial charge in [0, 0.05) is 11.1 Å². The molecule has 4 heteroatoms. The van der Waals surface area contributed by atoms with Gasteiger partial charge in [-0.05, 0) is 84.3 Å². The van der Waals surface area contributed by atoms with Crippen LogP contribution in [-0.2, 0) is 12.8 Å². The molecule has 0 radical (unpaired) electrons. The first-order valence-electron chi connectivity index (χ1n) is 15.5. The molecule has 42 heavy (non-hydrogen) atoms. The third-order valence-electron chi connectivity index (χ3n) is 7.76. The summed E-state index contributed by atoms with van der Waals surface area (Å²) < 4.78 is 22.3. The van der Waals surface area contributed by atoms with E-state index in [4.69, 9.17) is 18.9 Å². The van der Waals surface area contributed by atoms with Gasteiger partial charge in [-0.25, -0.2) is 0 Å². The minimum Gasteiger partial charge on any atom is -0.497 e. The largest absolute Gasteiger partial charge is 0.497 e. The van der Waals surface area contributed by atoms with Crippen molar-refractivity contribution in [2.24, 2.45) is 0 Å². The van der Waals surface area contributed by atoms with Gasteiger partial charge in [0.1, 0.15) is 23.0 Å². The average Bonchev–Trinajstić information content (AvgIpc) is 3.03. The maximum absolute atomic E-state index is 5.65. The molecule has 0 bridgehead atoms. The summed E-state index contributed by atoms with van der Waals surface area (Å²) in [6.07, 6.45) is 20.8. The number of unbranched alkanes of at least 4 members (excludes halogenated alkanes) is 6. The van der Waals surface area contributed by atoms with Crippen molar-refractivity contribution in [2.75, 3.05) is 28.4 Å². The number of hydrogen-bond donors (Lipinski definition) is 0. The minimum atomic E-state index is 0.820. The fourth-order valence-electron chi connectivity index (χ4n) is 5.25. The molecule has 0 N–H and O–H groups in total. The maximum Gasteiger partial charge on any atom is 0.126 e. The molecule has 0 fully saturated rings. The molecule has 0 spiro atoms. The van der Waals surface area contributed by atoms with E-state index in [2.05, 4.69) is 50.3 Å². The summed E-state index contributed by atoms with van der Waals surface area (Å²) in [5.74, 6) is 3.31. The second-order valence-electron chi connectivity index (χ2n) is 10.8. The van der Waals surface area contributed by atoms with Crippen LogP contribution in [0, 0.1) is 0 Å². The van der Waals surface area contributed by atoms with E-state index in [1.165, 1.54) is 73.6 Å². The van der Waals surface area contributed by atoms with Gasteiger partial charge in [0.05, 0.1) is 28.4 Å². The fraction of sp³-hybridized carbons (Fsp3) is 0.421. The van der Waals surface area contributed by atoms with Gasteiger partial charge in [-0.3, -0.25) is 0 Å². The zero-order chi connectivity index (χ0) is 30.2. The van der Waals surface area contributed by atoms with E-state index < -0.39 is 0 Å². The van der Waals surface area contributed by atoms with Crippen molar-refractivity contribution in [3.63, 3.8) is 0 Å². The Bertz CT molecular complexity index is 1200. The van der Waals surface area contributed by atoms with Crippen LogP contribution in [0.1, 0.15) is 98.6 Å². The lowest BCUT2D eigenvalue weighted by molar-refractivity contribution is 0.402. The summed E-state index contributed by atoms with van der Waals surface area (Å²) in [4.78, 5) is 0. The Kier molecular flexibility index (Phi) is 14.1. The summed E-state index contributed by atoms with van der Waals surface area (Å²) in [6, 6.07) is 16.7. The molecule has 0 atom stereocenters. The Balaban J connectivity index is 2.07. The van der Waals surface area contributed by atoms with Crippen molar-refractivity contribution in [2.45, 2.75) is 78.1 Å². The van der Waals surface area contributed by atoms with Crippen LogP contribution in [0.3, 0.4) is 0 Å². The Morgan fingerprint density at radius 3 is 1.21 bits per heavy atom. The Morgan fingerprint density at radius 2 is 0.857 bits per heavy atom. The van der Waals surface area contributed by atoms with Gasteiger partial charge in [-0.2, -0.15) is 0 Å². The van der Waals surface area contributed by atoms with Gasteiger partial charge in [0.2, 0.25) is 0 Å². The zero-order valence-corrected chi connectivity index (χ0v) is 26.6. The molecule has 0 unspecified atom stereocenters. The molecule has 0 saturated heterocycles. The minimum absolute atomic E-state index is 0.820. The van der Waals surface area contributed by atoms with Crippen LogP contribution in [-0.4, -0.2) is 28.4 Å². The van der Waals surface area contributed by atoms with Crippen LogP contribution in [0.15, 0.2) is 48.5 Å². The summed E-state index contributed by atoms with van der Waals surface area (Å²) in [6.45, 7) is 4.53. The summed E-state index contributed by atoms with van der Waals surface area (Å²) in [5.41, 5.74) is 7.31. The van der Waals surface area contributed by atoms with Crippen LogP contribution >= 0.6 is 0 Å². The molecule has 226 valence electrons. The number of hydrogen-bond acceptors (Lipinski definition) is 4. The Hall–Kier alpha value is -3.66. The number of ether oxygens (including phenoxy) is 4. The number of benzene rings is 3. The predicted molar refractivity (Wildman–Crippen MR) is 179 cm³/mol. The summed E-state index contributed by atoms with van der Waals surface area (Å²) in [7, 11) is 6.82. The molecule has 0 amide bonds. The van der Waals surface area contributed by atoms with Crippen molar-refractivity contribution in [3.05, 3.63) is 81.9 Å². The molecule has 0 saturated carbocycles. The lowest BCUT2D eigenvalue weighted by Gasteiger charge is -2.15. The van der Waals surface area contributed by atoms with Gasteiger partial charge in [0.25, 0.3) is 0 Å². The maximum atomic E-state index is 5.65. The van der Waals surface area contributed by atoms with E-state index in [1.807, 2.05) is 36.4 Å². The third-order valence-corrected chi connectivity index (χ3v) is 7.76. The monoisotopic (exact) mass is 570 g/mol.